The predicted molar refractivity (Wildman–Crippen MR) is 168 cm³/mol. The maximum absolute atomic E-state index is 2.50. The molecule has 0 aliphatic carbocycles. The van der Waals surface area contributed by atoms with Crippen molar-refractivity contribution in [3.05, 3.63) is 12.2 Å². The van der Waals surface area contributed by atoms with E-state index in [1.807, 2.05) is 0 Å². The summed E-state index contributed by atoms with van der Waals surface area (Å²) in [5.74, 6) is 0.961. The Kier molecular flexibility index (Phi) is 32.5. The Morgan fingerprint density at radius 3 is 0.889 bits per heavy atom. The summed E-state index contributed by atoms with van der Waals surface area (Å²) in [6, 6.07) is 0. The molecule has 0 heterocycles. The fourth-order valence-corrected chi connectivity index (χ4v) is 5.57. The summed E-state index contributed by atoms with van der Waals surface area (Å²) >= 11 is 0. The number of allylic oxidation sites excluding steroid dienone is 2. The standard InChI is InChI=1S/C36H72/c1-4-6-8-10-12-14-16-18-19-20-21-22-23-25-27-29-31-33-35-36(3)34-32-30-28-26-24-17-15-13-11-9-7-5-2/h16,18,36H,4-15,17,19-35H2,1-3H3/b18-16-/t36-/m1/s1. The molecule has 0 nitrogen and oxygen atoms in total. The van der Waals surface area contributed by atoms with Gasteiger partial charge in [0.2, 0.25) is 0 Å². The molecule has 0 saturated carbocycles. The van der Waals surface area contributed by atoms with Gasteiger partial charge in [0.1, 0.15) is 0 Å². The van der Waals surface area contributed by atoms with Crippen molar-refractivity contribution in [1.29, 1.82) is 0 Å². The highest BCUT2D eigenvalue weighted by Gasteiger charge is 2.02. The first-order chi connectivity index (χ1) is 17.8. The monoisotopic (exact) mass is 505 g/mol. The molecule has 0 radical (unpaired) electrons. The van der Waals surface area contributed by atoms with Crippen LogP contribution in [-0.4, -0.2) is 0 Å². The van der Waals surface area contributed by atoms with E-state index in [-0.39, 0.29) is 0 Å². The molecule has 0 bridgehead atoms. The molecule has 0 aliphatic rings. The van der Waals surface area contributed by atoms with Crippen LogP contribution in [0, 0.1) is 5.92 Å². The zero-order valence-electron chi connectivity index (χ0n) is 25.9. The third-order valence-corrected chi connectivity index (χ3v) is 8.26. The Morgan fingerprint density at radius 2 is 0.583 bits per heavy atom. The van der Waals surface area contributed by atoms with Crippen molar-refractivity contribution in [3.8, 4) is 0 Å². The molecule has 0 amide bonds. The molecular formula is C36H72. The van der Waals surface area contributed by atoms with Crippen LogP contribution in [0.1, 0.15) is 213 Å². The van der Waals surface area contributed by atoms with Crippen LogP contribution in [0.4, 0.5) is 0 Å². The molecule has 0 unspecified atom stereocenters. The minimum atomic E-state index is 0.961. The van der Waals surface area contributed by atoms with Crippen molar-refractivity contribution in [2.75, 3.05) is 0 Å². The van der Waals surface area contributed by atoms with Crippen LogP contribution >= 0.6 is 0 Å². The Bertz CT molecular complexity index is 395. The lowest BCUT2D eigenvalue weighted by molar-refractivity contribution is 0.430. The second-order valence-corrected chi connectivity index (χ2v) is 12.2. The molecule has 0 aromatic carbocycles. The molecule has 0 saturated heterocycles. The highest BCUT2D eigenvalue weighted by molar-refractivity contribution is 4.81. The van der Waals surface area contributed by atoms with Crippen molar-refractivity contribution in [2.45, 2.75) is 213 Å². The van der Waals surface area contributed by atoms with E-state index in [9.17, 15) is 0 Å². The fourth-order valence-electron chi connectivity index (χ4n) is 5.57. The van der Waals surface area contributed by atoms with E-state index in [4.69, 9.17) is 0 Å². The molecule has 0 heteroatoms. The second kappa shape index (κ2) is 32.8. The summed E-state index contributed by atoms with van der Waals surface area (Å²) in [5, 5.41) is 0. The minimum absolute atomic E-state index is 0.961. The van der Waals surface area contributed by atoms with Crippen molar-refractivity contribution >= 4 is 0 Å². The topological polar surface area (TPSA) is 0 Å². The van der Waals surface area contributed by atoms with Gasteiger partial charge in [-0.2, -0.15) is 0 Å². The van der Waals surface area contributed by atoms with Crippen LogP contribution in [0.25, 0.3) is 0 Å². The van der Waals surface area contributed by atoms with Gasteiger partial charge < -0.3 is 0 Å². The van der Waals surface area contributed by atoms with E-state index < -0.39 is 0 Å². The second-order valence-electron chi connectivity index (χ2n) is 12.2. The van der Waals surface area contributed by atoms with Crippen LogP contribution < -0.4 is 0 Å². The van der Waals surface area contributed by atoms with Crippen LogP contribution in [0.15, 0.2) is 12.2 Å². The van der Waals surface area contributed by atoms with Crippen LogP contribution in [0.5, 0.6) is 0 Å². The van der Waals surface area contributed by atoms with Gasteiger partial charge in [0.15, 0.2) is 0 Å². The fraction of sp³-hybridized carbons (Fsp3) is 0.944. The summed E-state index contributed by atoms with van der Waals surface area (Å²) in [7, 11) is 0. The van der Waals surface area contributed by atoms with Crippen molar-refractivity contribution in [3.63, 3.8) is 0 Å². The Labute approximate surface area is 231 Å². The van der Waals surface area contributed by atoms with Gasteiger partial charge in [0, 0.05) is 0 Å². The van der Waals surface area contributed by atoms with E-state index in [2.05, 4.69) is 32.9 Å². The van der Waals surface area contributed by atoms with Crippen molar-refractivity contribution < 1.29 is 0 Å². The zero-order chi connectivity index (χ0) is 26.2. The predicted octanol–water partition coefficient (Wildman–Crippen LogP) is 13.9. The number of hydrogen-bond acceptors (Lipinski definition) is 0. The third kappa shape index (κ3) is 31.8. The number of rotatable bonds is 31. The molecule has 0 spiro atoms. The van der Waals surface area contributed by atoms with Gasteiger partial charge in [-0.15, -0.1) is 0 Å². The highest BCUT2D eigenvalue weighted by atomic mass is 14.1. The maximum atomic E-state index is 2.50. The van der Waals surface area contributed by atoms with E-state index in [1.165, 1.54) is 193 Å². The third-order valence-electron chi connectivity index (χ3n) is 8.26. The summed E-state index contributed by atoms with van der Waals surface area (Å²) in [6.07, 6.45) is 48.3. The van der Waals surface area contributed by atoms with Gasteiger partial charge in [-0.25, -0.2) is 0 Å². The first-order valence-corrected chi connectivity index (χ1v) is 17.5. The minimum Gasteiger partial charge on any atom is -0.0885 e. The van der Waals surface area contributed by atoms with Gasteiger partial charge in [-0.1, -0.05) is 200 Å². The quantitative estimate of drug-likeness (QED) is 0.0650. The van der Waals surface area contributed by atoms with E-state index in [0.717, 1.165) is 5.92 Å². The van der Waals surface area contributed by atoms with E-state index in [0.29, 0.717) is 0 Å². The Hall–Kier alpha value is -0.260. The largest absolute Gasteiger partial charge is 0.0885 e. The first-order valence-electron chi connectivity index (χ1n) is 17.5. The molecule has 0 fully saturated rings. The van der Waals surface area contributed by atoms with E-state index in [1.54, 1.807) is 0 Å². The van der Waals surface area contributed by atoms with Gasteiger partial charge >= 0.3 is 0 Å². The molecule has 0 aliphatic heterocycles. The average Bonchev–Trinajstić information content (AvgIpc) is 2.88. The highest BCUT2D eigenvalue weighted by Crippen LogP contribution is 2.19. The smallest absolute Gasteiger partial charge is 0.0351 e. The molecular weight excluding hydrogens is 432 g/mol. The molecule has 0 aromatic heterocycles. The lowest BCUT2D eigenvalue weighted by Gasteiger charge is -2.11. The average molecular weight is 505 g/mol. The number of unbranched alkanes of at least 4 members (excludes halogenated alkanes) is 25. The molecule has 0 rings (SSSR count). The molecule has 0 N–H and O–H groups in total. The normalized spacial score (nSPS) is 12.6. The van der Waals surface area contributed by atoms with Gasteiger partial charge in [-0.3, -0.25) is 0 Å². The number of hydrogen-bond donors (Lipinski definition) is 0. The van der Waals surface area contributed by atoms with Gasteiger partial charge in [0.05, 0.1) is 0 Å². The van der Waals surface area contributed by atoms with Crippen LogP contribution in [0.2, 0.25) is 0 Å². The Morgan fingerprint density at radius 1 is 0.333 bits per heavy atom. The first kappa shape index (κ1) is 35.7. The molecule has 216 valence electrons. The van der Waals surface area contributed by atoms with E-state index >= 15 is 0 Å². The van der Waals surface area contributed by atoms with Gasteiger partial charge in [-0.05, 0) is 31.6 Å². The molecule has 1 atom stereocenters. The summed E-state index contributed by atoms with van der Waals surface area (Å²) in [5.41, 5.74) is 0. The zero-order valence-corrected chi connectivity index (χ0v) is 25.9. The summed E-state index contributed by atoms with van der Waals surface area (Å²) in [6.45, 7) is 7.10. The SMILES string of the molecule is CCCCCCC/C=C\CCCCCCCCCCC[C@H](C)CCCCCCCCCCCCCC. The molecule has 0 aromatic rings. The van der Waals surface area contributed by atoms with Crippen LogP contribution in [0.3, 0.4) is 0 Å². The van der Waals surface area contributed by atoms with Crippen molar-refractivity contribution in [2.24, 2.45) is 5.92 Å². The van der Waals surface area contributed by atoms with Crippen LogP contribution in [-0.2, 0) is 0 Å². The summed E-state index contributed by atoms with van der Waals surface area (Å²) < 4.78 is 0. The maximum Gasteiger partial charge on any atom is -0.0351 e. The van der Waals surface area contributed by atoms with Crippen molar-refractivity contribution in [1.82, 2.24) is 0 Å². The lowest BCUT2D eigenvalue weighted by Crippen LogP contribution is -1.95. The summed E-state index contributed by atoms with van der Waals surface area (Å²) in [4.78, 5) is 0. The van der Waals surface area contributed by atoms with Gasteiger partial charge in [0.25, 0.3) is 0 Å². The lowest BCUT2D eigenvalue weighted by atomic mass is 9.95. The Balaban J connectivity index is 3.17. The molecule has 36 heavy (non-hydrogen) atoms.